The van der Waals surface area contributed by atoms with Gasteiger partial charge in [-0.1, -0.05) is 12.1 Å². The van der Waals surface area contributed by atoms with Gasteiger partial charge in [0.2, 0.25) is 0 Å². The van der Waals surface area contributed by atoms with E-state index in [9.17, 15) is 4.79 Å². The normalized spacial score (nSPS) is 20.7. The van der Waals surface area contributed by atoms with Crippen molar-refractivity contribution in [2.75, 3.05) is 26.9 Å². The van der Waals surface area contributed by atoms with E-state index in [2.05, 4.69) is 30.5 Å². The van der Waals surface area contributed by atoms with Gasteiger partial charge in [-0.2, -0.15) is 0 Å². The lowest BCUT2D eigenvalue weighted by molar-refractivity contribution is 0.201. The van der Waals surface area contributed by atoms with Crippen molar-refractivity contribution in [3.8, 4) is 0 Å². The second kappa shape index (κ2) is 4.37. The van der Waals surface area contributed by atoms with E-state index >= 15 is 0 Å². The second-order valence-electron chi connectivity index (χ2n) is 4.06. The highest BCUT2D eigenvalue weighted by atomic mass is 32.2. The van der Waals surface area contributed by atoms with Crippen molar-refractivity contribution in [2.24, 2.45) is 0 Å². The van der Waals surface area contributed by atoms with Crippen molar-refractivity contribution in [2.45, 2.75) is 10.9 Å². The molecular weight excluding hydrogens is 220 g/mol. The van der Waals surface area contributed by atoms with Crippen molar-refractivity contribution in [1.82, 2.24) is 9.80 Å². The first-order valence-corrected chi connectivity index (χ1v) is 6.48. The van der Waals surface area contributed by atoms with Crippen LogP contribution < -0.4 is 0 Å². The van der Waals surface area contributed by atoms with Crippen molar-refractivity contribution < 1.29 is 4.79 Å². The van der Waals surface area contributed by atoms with E-state index in [1.54, 1.807) is 21.6 Å². The molecule has 0 N–H and O–H groups in total. The fraction of sp³-hybridized carbons (Fsp3) is 0.417. The lowest BCUT2D eigenvalue weighted by Crippen LogP contribution is -2.26. The molecule has 1 aliphatic rings. The minimum absolute atomic E-state index is 0.0962. The molecule has 2 amide bonds. The molecule has 86 valence electrons. The Labute approximate surface area is 100 Å². The third kappa shape index (κ3) is 1.89. The van der Waals surface area contributed by atoms with Gasteiger partial charge in [-0.05, 0) is 24.0 Å². The van der Waals surface area contributed by atoms with Crippen LogP contribution in [-0.4, -0.2) is 42.7 Å². The Balaban J connectivity index is 2.21. The molecule has 0 bridgehead atoms. The molecule has 1 unspecified atom stereocenters. The Morgan fingerprint density at radius 3 is 2.31 bits per heavy atom. The highest BCUT2D eigenvalue weighted by Gasteiger charge is 2.32. The minimum Gasteiger partial charge on any atom is -0.325 e. The van der Waals surface area contributed by atoms with Crippen LogP contribution in [0, 0.1) is 0 Å². The van der Waals surface area contributed by atoms with Crippen molar-refractivity contribution in [1.29, 1.82) is 0 Å². The zero-order valence-corrected chi connectivity index (χ0v) is 10.6. The maximum Gasteiger partial charge on any atom is 0.320 e. The maximum absolute atomic E-state index is 11.7. The van der Waals surface area contributed by atoms with E-state index in [-0.39, 0.29) is 12.1 Å². The van der Waals surface area contributed by atoms with Gasteiger partial charge in [-0.25, -0.2) is 4.79 Å². The van der Waals surface area contributed by atoms with Crippen LogP contribution in [0.4, 0.5) is 4.79 Å². The molecule has 1 fully saturated rings. The summed E-state index contributed by atoms with van der Waals surface area (Å²) in [6, 6.07) is 8.72. The highest BCUT2D eigenvalue weighted by Crippen LogP contribution is 2.28. The fourth-order valence-electron chi connectivity index (χ4n) is 2.02. The van der Waals surface area contributed by atoms with Crippen LogP contribution in [0.3, 0.4) is 0 Å². The van der Waals surface area contributed by atoms with Gasteiger partial charge >= 0.3 is 6.03 Å². The summed E-state index contributed by atoms with van der Waals surface area (Å²) in [5.74, 6) is 0. The largest absolute Gasteiger partial charge is 0.325 e. The van der Waals surface area contributed by atoms with E-state index in [0.29, 0.717) is 0 Å². The SMILES string of the molecule is CSc1ccc(C2CN(C)C(=O)N2C)cc1. The molecule has 1 aromatic carbocycles. The summed E-state index contributed by atoms with van der Waals surface area (Å²) in [7, 11) is 3.70. The molecule has 1 aromatic rings. The van der Waals surface area contributed by atoms with E-state index in [0.717, 1.165) is 6.54 Å². The minimum atomic E-state index is 0.0962. The number of hydrogen-bond donors (Lipinski definition) is 0. The van der Waals surface area contributed by atoms with Crippen LogP contribution in [-0.2, 0) is 0 Å². The predicted molar refractivity (Wildman–Crippen MR) is 66.8 cm³/mol. The quantitative estimate of drug-likeness (QED) is 0.736. The van der Waals surface area contributed by atoms with E-state index in [1.165, 1.54) is 10.5 Å². The van der Waals surface area contributed by atoms with Gasteiger partial charge in [-0.3, -0.25) is 0 Å². The standard InChI is InChI=1S/C12H16N2OS/c1-13-8-11(14(2)12(13)15)9-4-6-10(16-3)7-5-9/h4-7,11H,8H2,1-3H3. The Morgan fingerprint density at radius 2 is 1.88 bits per heavy atom. The van der Waals surface area contributed by atoms with Crippen molar-refractivity contribution in [3.05, 3.63) is 29.8 Å². The van der Waals surface area contributed by atoms with Crippen LogP contribution in [0.15, 0.2) is 29.2 Å². The molecule has 1 heterocycles. The second-order valence-corrected chi connectivity index (χ2v) is 4.94. The van der Waals surface area contributed by atoms with Crippen LogP contribution >= 0.6 is 11.8 Å². The number of amides is 2. The lowest BCUT2D eigenvalue weighted by Gasteiger charge is -2.18. The number of nitrogens with zero attached hydrogens (tertiary/aromatic N) is 2. The van der Waals surface area contributed by atoms with E-state index in [4.69, 9.17) is 0 Å². The maximum atomic E-state index is 11.7. The molecule has 0 saturated carbocycles. The predicted octanol–water partition coefficient (Wildman–Crippen LogP) is 2.45. The topological polar surface area (TPSA) is 23.6 Å². The lowest BCUT2D eigenvalue weighted by atomic mass is 10.1. The Morgan fingerprint density at radius 1 is 1.25 bits per heavy atom. The molecule has 3 nitrogen and oxygen atoms in total. The van der Waals surface area contributed by atoms with Gasteiger partial charge in [0.05, 0.1) is 6.04 Å². The Hall–Kier alpha value is -1.16. The highest BCUT2D eigenvalue weighted by molar-refractivity contribution is 7.98. The van der Waals surface area contributed by atoms with Gasteiger partial charge in [0, 0.05) is 25.5 Å². The third-order valence-electron chi connectivity index (χ3n) is 3.04. The number of urea groups is 1. The molecule has 1 aliphatic heterocycles. The summed E-state index contributed by atoms with van der Waals surface area (Å²) in [5, 5.41) is 0. The molecule has 1 atom stereocenters. The molecule has 1 saturated heterocycles. The summed E-state index contributed by atoms with van der Waals surface area (Å²) < 4.78 is 0. The van der Waals surface area contributed by atoms with Crippen LogP contribution in [0.5, 0.6) is 0 Å². The van der Waals surface area contributed by atoms with E-state index in [1.807, 2.05) is 14.1 Å². The summed E-state index contributed by atoms with van der Waals surface area (Å²) in [6.07, 6.45) is 2.06. The first kappa shape index (κ1) is 11.3. The zero-order chi connectivity index (χ0) is 11.7. The monoisotopic (exact) mass is 236 g/mol. The van der Waals surface area contributed by atoms with Gasteiger partial charge < -0.3 is 9.80 Å². The average molecular weight is 236 g/mol. The number of carbonyl (C=O) groups excluding carboxylic acids is 1. The van der Waals surface area contributed by atoms with Crippen LogP contribution in [0.1, 0.15) is 11.6 Å². The number of rotatable bonds is 2. The molecule has 0 aromatic heterocycles. The van der Waals surface area contributed by atoms with Gasteiger partial charge in [0.1, 0.15) is 0 Å². The molecule has 2 rings (SSSR count). The number of thioether (sulfide) groups is 1. The van der Waals surface area contributed by atoms with Crippen LogP contribution in [0.25, 0.3) is 0 Å². The first-order chi connectivity index (χ1) is 7.63. The van der Waals surface area contributed by atoms with Gasteiger partial charge in [-0.15, -0.1) is 11.8 Å². The average Bonchev–Trinajstić information content (AvgIpc) is 2.57. The van der Waals surface area contributed by atoms with E-state index < -0.39 is 0 Å². The zero-order valence-electron chi connectivity index (χ0n) is 9.80. The molecular formula is C12H16N2OS. The van der Waals surface area contributed by atoms with Crippen molar-refractivity contribution >= 4 is 17.8 Å². The molecule has 0 aliphatic carbocycles. The van der Waals surface area contributed by atoms with Gasteiger partial charge in [0.25, 0.3) is 0 Å². The third-order valence-corrected chi connectivity index (χ3v) is 3.79. The smallest absolute Gasteiger partial charge is 0.320 e. The molecule has 4 heteroatoms. The molecule has 0 spiro atoms. The van der Waals surface area contributed by atoms with Gasteiger partial charge in [0.15, 0.2) is 0 Å². The molecule has 0 radical (unpaired) electrons. The number of likely N-dealkylation sites (N-methyl/N-ethyl adjacent to an activating group) is 2. The molecule has 16 heavy (non-hydrogen) atoms. The first-order valence-electron chi connectivity index (χ1n) is 5.25. The summed E-state index contributed by atoms with van der Waals surface area (Å²) in [4.78, 5) is 16.5. The summed E-state index contributed by atoms with van der Waals surface area (Å²) >= 11 is 1.73. The van der Waals surface area contributed by atoms with Crippen LogP contribution in [0.2, 0.25) is 0 Å². The Bertz CT molecular complexity index is 391. The number of carbonyl (C=O) groups is 1. The number of hydrogen-bond acceptors (Lipinski definition) is 2. The summed E-state index contributed by atoms with van der Waals surface area (Å²) in [5.41, 5.74) is 1.21. The Kier molecular flexibility index (Phi) is 3.10. The fourth-order valence-corrected chi connectivity index (χ4v) is 2.43. The number of benzene rings is 1. The van der Waals surface area contributed by atoms with Crippen molar-refractivity contribution in [3.63, 3.8) is 0 Å². The summed E-state index contributed by atoms with van der Waals surface area (Å²) in [6.45, 7) is 0.772.